The van der Waals surface area contributed by atoms with Crippen LogP contribution in [0.1, 0.15) is 37.0 Å². The molecule has 3 heteroatoms. The summed E-state index contributed by atoms with van der Waals surface area (Å²) in [5, 5.41) is 8.74. The minimum absolute atomic E-state index is 0.353. The van der Waals surface area contributed by atoms with Gasteiger partial charge in [0.15, 0.2) is 0 Å². The molecule has 16 heavy (non-hydrogen) atoms. The van der Waals surface area contributed by atoms with E-state index in [0.717, 1.165) is 16.6 Å². The lowest BCUT2D eigenvalue weighted by Crippen LogP contribution is -1.95. The van der Waals surface area contributed by atoms with Crippen LogP contribution in [0, 0.1) is 5.92 Å². The van der Waals surface area contributed by atoms with Crippen LogP contribution in [0.5, 0.6) is 0 Å². The molecule has 0 amide bonds. The Labute approximate surface area is 101 Å². The van der Waals surface area contributed by atoms with Crippen molar-refractivity contribution in [2.24, 2.45) is 5.92 Å². The number of aromatic carboxylic acids is 1. The van der Waals surface area contributed by atoms with Crippen LogP contribution in [-0.2, 0) is 0 Å². The molecule has 2 nitrogen and oxygen atoms in total. The number of hydrogen-bond donors (Lipinski definition) is 1. The summed E-state index contributed by atoms with van der Waals surface area (Å²) in [6, 6.07) is 7.08. The summed E-state index contributed by atoms with van der Waals surface area (Å²) in [4.78, 5) is 11.8. The fourth-order valence-corrected chi connectivity index (χ4v) is 2.25. The zero-order valence-corrected chi connectivity index (χ0v) is 10.6. The Bertz CT molecular complexity index is 330. The second kappa shape index (κ2) is 6.59. The molecule has 0 spiro atoms. The average molecular weight is 238 g/mol. The Morgan fingerprint density at radius 1 is 1.31 bits per heavy atom. The number of hydrogen-bond acceptors (Lipinski definition) is 2. The quantitative estimate of drug-likeness (QED) is 0.603. The van der Waals surface area contributed by atoms with E-state index in [0.29, 0.717) is 5.56 Å². The largest absolute Gasteiger partial charge is 0.478 e. The van der Waals surface area contributed by atoms with Crippen molar-refractivity contribution in [1.29, 1.82) is 0 Å². The molecular formula is C13H18O2S. The first-order valence-corrected chi connectivity index (χ1v) is 6.54. The van der Waals surface area contributed by atoms with Crippen LogP contribution in [-0.4, -0.2) is 16.8 Å². The maximum atomic E-state index is 10.6. The highest BCUT2D eigenvalue weighted by atomic mass is 32.2. The van der Waals surface area contributed by atoms with Crippen molar-refractivity contribution in [3.05, 3.63) is 29.8 Å². The lowest BCUT2D eigenvalue weighted by molar-refractivity contribution is 0.0697. The third-order valence-electron chi connectivity index (χ3n) is 2.30. The molecule has 1 aromatic carbocycles. The summed E-state index contributed by atoms with van der Waals surface area (Å²) >= 11 is 1.79. The lowest BCUT2D eigenvalue weighted by Gasteiger charge is -2.04. The van der Waals surface area contributed by atoms with Gasteiger partial charge in [-0.1, -0.05) is 20.3 Å². The van der Waals surface area contributed by atoms with Gasteiger partial charge in [0.2, 0.25) is 0 Å². The SMILES string of the molecule is CC(C)CCCSc1ccc(C(=O)O)cc1. The molecular weight excluding hydrogens is 220 g/mol. The van der Waals surface area contributed by atoms with E-state index >= 15 is 0 Å². The third kappa shape index (κ3) is 4.71. The third-order valence-corrected chi connectivity index (χ3v) is 3.39. The Morgan fingerprint density at radius 3 is 2.44 bits per heavy atom. The van der Waals surface area contributed by atoms with Crippen molar-refractivity contribution in [3.8, 4) is 0 Å². The molecule has 0 atom stereocenters. The van der Waals surface area contributed by atoms with Gasteiger partial charge in [0.05, 0.1) is 5.56 Å². The molecule has 0 fully saturated rings. The number of benzene rings is 1. The molecule has 0 aromatic heterocycles. The van der Waals surface area contributed by atoms with Gasteiger partial charge in [-0.3, -0.25) is 0 Å². The maximum absolute atomic E-state index is 10.6. The number of rotatable bonds is 6. The number of carboxylic acids is 1. The highest BCUT2D eigenvalue weighted by Crippen LogP contribution is 2.20. The number of carbonyl (C=O) groups is 1. The predicted octanol–water partition coefficient (Wildman–Crippen LogP) is 3.91. The van der Waals surface area contributed by atoms with E-state index < -0.39 is 5.97 Å². The van der Waals surface area contributed by atoms with Gasteiger partial charge in [-0.25, -0.2) is 4.79 Å². The second-order valence-corrected chi connectivity index (χ2v) is 5.38. The molecule has 0 aliphatic heterocycles. The Hall–Kier alpha value is -0.960. The standard InChI is InChI=1S/C13H18O2S/c1-10(2)4-3-9-16-12-7-5-11(6-8-12)13(14)15/h5-8,10H,3-4,9H2,1-2H3,(H,14,15). The first-order chi connectivity index (χ1) is 7.59. The molecule has 1 rings (SSSR count). The van der Waals surface area contributed by atoms with Gasteiger partial charge >= 0.3 is 5.97 Å². The summed E-state index contributed by atoms with van der Waals surface area (Å²) in [5.74, 6) is 0.997. The van der Waals surface area contributed by atoms with Crippen molar-refractivity contribution >= 4 is 17.7 Å². The highest BCUT2D eigenvalue weighted by molar-refractivity contribution is 7.99. The van der Waals surface area contributed by atoms with Crippen LogP contribution in [0.4, 0.5) is 0 Å². The van der Waals surface area contributed by atoms with Crippen molar-refractivity contribution in [2.45, 2.75) is 31.6 Å². The van der Waals surface area contributed by atoms with Gasteiger partial charge < -0.3 is 5.11 Å². The van der Waals surface area contributed by atoms with Crippen LogP contribution in [0.2, 0.25) is 0 Å². The molecule has 0 radical (unpaired) electrons. The summed E-state index contributed by atoms with van der Waals surface area (Å²) in [7, 11) is 0. The van der Waals surface area contributed by atoms with Crippen molar-refractivity contribution in [3.63, 3.8) is 0 Å². The number of carboxylic acid groups (broad SMARTS) is 1. The molecule has 1 aromatic rings. The van der Waals surface area contributed by atoms with E-state index in [1.54, 1.807) is 23.9 Å². The van der Waals surface area contributed by atoms with E-state index in [1.807, 2.05) is 12.1 Å². The van der Waals surface area contributed by atoms with Crippen LogP contribution in [0.25, 0.3) is 0 Å². The molecule has 0 unspecified atom stereocenters. The molecule has 0 saturated carbocycles. The van der Waals surface area contributed by atoms with Crippen LogP contribution in [0.15, 0.2) is 29.2 Å². The topological polar surface area (TPSA) is 37.3 Å². The summed E-state index contributed by atoms with van der Waals surface area (Å²) in [6.07, 6.45) is 2.46. The van der Waals surface area contributed by atoms with E-state index in [1.165, 1.54) is 12.8 Å². The normalized spacial score (nSPS) is 10.7. The molecule has 0 aliphatic carbocycles. The smallest absolute Gasteiger partial charge is 0.335 e. The average Bonchev–Trinajstić information content (AvgIpc) is 2.25. The van der Waals surface area contributed by atoms with Crippen molar-refractivity contribution < 1.29 is 9.90 Å². The Morgan fingerprint density at radius 2 is 1.94 bits per heavy atom. The highest BCUT2D eigenvalue weighted by Gasteiger charge is 2.02. The van der Waals surface area contributed by atoms with E-state index in [4.69, 9.17) is 5.11 Å². The minimum atomic E-state index is -0.864. The van der Waals surface area contributed by atoms with Gasteiger partial charge in [-0.2, -0.15) is 0 Å². The molecule has 0 saturated heterocycles. The van der Waals surface area contributed by atoms with E-state index in [2.05, 4.69) is 13.8 Å². The zero-order chi connectivity index (χ0) is 12.0. The van der Waals surface area contributed by atoms with Gasteiger partial charge in [-0.15, -0.1) is 11.8 Å². The molecule has 88 valence electrons. The molecule has 0 bridgehead atoms. The van der Waals surface area contributed by atoms with Gasteiger partial charge in [-0.05, 0) is 42.4 Å². The first-order valence-electron chi connectivity index (χ1n) is 5.55. The predicted molar refractivity (Wildman–Crippen MR) is 68.2 cm³/mol. The monoisotopic (exact) mass is 238 g/mol. The van der Waals surface area contributed by atoms with Gasteiger partial charge in [0.1, 0.15) is 0 Å². The summed E-state index contributed by atoms with van der Waals surface area (Å²) < 4.78 is 0. The first kappa shape index (κ1) is 13.1. The number of thioether (sulfide) groups is 1. The van der Waals surface area contributed by atoms with Crippen molar-refractivity contribution in [2.75, 3.05) is 5.75 Å². The molecule has 1 N–H and O–H groups in total. The lowest BCUT2D eigenvalue weighted by atomic mass is 10.1. The fraction of sp³-hybridized carbons (Fsp3) is 0.462. The van der Waals surface area contributed by atoms with Crippen LogP contribution in [0.3, 0.4) is 0 Å². The molecule has 0 heterocycles. The maximum Gasteiger partial charge on any atom is 0.335 e. The Kier molecular flexibility index (Phi) is 5.39. The Balaban J connectivity index is 2.35. The molecule has 0 aliphatic rings. The van der Waals surface area contributed by atoms with Gasteiger partial charge in [0, 0.05) is 4.90 Å². The minimum Gasteiger partial charge on any atom is -0.478 e. The zero-order valence-electron chi connectivity index (χ0n) is 9.77. The fourth-order valence-electron chi connectivity index (χ4n) is 1.38. The second-order valence-electron chi connectivity index (χ2n) is 4.21. The van der Waals surface area contributed by atoms with Crippen molar-refractivity contribution in [1.82, 2.24) is 0 Å². The van der Waals surface area contributed by atoms with E-state index in [9.17, 15) is 4.79 Å². The van der Waals surface area contributed by atoms with Crippen LogP contribution >= 0.6 is 11.8 Å². The van der Waals surface area contributed by atoms with E-state index in [-0.39, 0.29) is 0 Å². The summed E-state index contributed by atoms with van der Waals surface area (Å²) in [5.41, 5.74) is 0.353. The van der Waals surface area contributed by atoms with Gasteiger partial charge in [0.25, 0.3) is 0 Å². The summed E-state index contributed by atoms with van der Waals surface area (Å²) in [6.45, 7) is 4.46. The van der Waals surface area contributed by atoms with Crippen LogP contribution < -0.4 is 0 Å².